The largest absolute Gasteiger partial charge is 0.475 e. The van der Waals surface area contributed by atoms with Gasteiger partial charge in [0.2, 0.25) is 11.5 Å². The monoisotopic (exact) mass is 283 g/mol. The predicted octanol–water partition coefficient (Wildman–Crippen LogP) is 3.33. The minimum Gasteiger partial charge on any atom is -0.475 e. The molecule has 8 heteroatoms. The number of carboxylic acid groups (broad SMARTS) is 1. The van der Waals surface area contributed by atoms with Crippen molar-refractivity contribution in [1.82, 2.24) is 0 Å². The summed E-state index contributed by atoms with van der Waals surface area (Å²) in [5, 5.41) is 19.5. The predicted molar refractivity (Wildman–Crippen MR) is 63.8 cm³/mol. The Hall–Kier alpha value is -2.54. The minimum atomic E-state index is -1.27. The molecular formula is C11H6ClNO6. The van der Waals surface area contributed by atoms with E-state index < -0.39 is 10.9 Å². The van der Waals surface area contributed by atoms with Gasteiger partial charge in [-0.1, -0.05) is 17.7 Å². The van der Waals surface area contributed by atoms with Gasteiger partial charge >= 0.3 is 11.7 Å². The lowest BCUT2D eigenvalue weighted by molar-refractivity contribution is -0.385. The molecule has 0 saturated heterocycles. The smallest absolute Gasteiger partial charge is 0.371 e. The molecule has 0 saturated carbocycles. The number of carbonyl (C=O) groups is 1. The molecule has 1 N–H and O–H groups in total. The first kappa shape index (κ1) is 12.9. The van der Waals surface area contributed by atoms with Crippen LogP contribution < -0.4 is 4.74 Å². The Bertz CT molecular complexity index is 650. The standard InChI is InChI=1S/C11H6ClNO6/c12-6-2-1-3-7(13(16)17)10(6)19-9-5-4-8(18-9)11(14)15/h1-5H,(H,14,15). The molecule has 7 nitrogen and oxygen atoms in total. The highest BCUT2D eigenvalue weighted by Crippen LogP contribution is 2.38. The summed E-state index contributed by atoms with van der Waals surface area (Å²) in [5.41, 5.74) is -0.347. The molecule has 0 radical (unpaired) electrons. The lowest BCUT2D eigenvalue weighted by atomic mass is 10.3. The van der Waals surface area contributed by atoms with Gasteiger partial charge in [0.05, 0.1) is 9.95 Å². The van der Waals surface area contributed by atoms with E-state index in [1.807, 2.05) is 0 Å². The summed E-state index contributed by atoms with van der Waals surface area (Å²) in [6.45, 7) is 0. The Morgan fingerprint density at radius 3 is 2.68 bits per heavy atom. The van der Waals surface area contributed by atoms with Gasteiger partial charge in [0.15, 0.2) is 0 Å². The van der Waals surface area contributed by atoms with Gasteiger partial charge in [-0.15, -0.1) is 0 Å². The fourth-order valence-electron chi connectivity index (χ4n) is 1.33. The van der Waals surface area contributed by atoms with Crippen LogP contribution in [0.5, 0.6) is 11.7 Å². The van der Waals surface area contributed by atoms with Gasteiger partial charge in [0, 0.05) is 12.1 Å². The van der Waals surface area contributed by atoms with Gasteiger partial charge in [0.1, 0.15) is 0 Å². The van der Waals surface area contributed by atoms with E-state index in [0.717, 1.165) is 0 Å². The van der Waals surface area contributed by atoms with E-state index in [-0.39, 0.29) is 28.2 Å². The zero-order valence-electron chi connectivity index (χ0n) is 9.20. The van der Waals surface area contributed by atoms with E-state index in [0.29, 0.717) is 0 Å². The van der Waals surface area contributed by atoms with Crippen LogP contribution in [0, 0.1) is 10.1 Å². The van der Waals surface area contributed by atoms with Gasteiger partial charge in [-0.05, 0) is 12.1 Å². The fourth-order valence-corrected chi connectivity index (χ4v) is 1.54. The number of ether oxygens (including phenoxy) is 1. The van der Waals surface area contributed by atoms with Crippen molar-refractivity contribution in [3.63, 3.8) is 0 Å². The van der Waals surface area contributed by atoms with Crippen molar-refractivity contribution in [2.24, 2.45) is 0 Å². The zero-order chi connectivity index (χ0) is 14.0. The summed E-state index contributed by atoms with van der Waals surface area (Å²) in [6, 6.07) is 6.42. The summed E-state index contributed by atoms with van der Waals surface area (Å²) in [4.78, 5) is 20.8. The molecule has 0 bridgehead atoms. The van der Waals surface area contributed by atoms with Crippen molar-refractivity contribution in [1.29, 1.82) is 0 Å². The third-order valence-corrected chi connectivity index (χ3v) is 2.44. The molecule has 0 unspecified atom stereocenters. The van der Waals surface area contributed by atoms with E-state index in [4.69, 9.17) is 25.9 Å². The number of nitro groups is 1. The number of hydrogen-bond acceptors (Lipinski definition) is 5. The van der Waals surface area contributed by atoms with Crippen LogP contribution in [0.1, 0.15) is 10.6 Å². The van der Waals surface area contributed by atoms with Crippen molar-refractivity contribution < 1.29 is 24.0 Å². The highest BCUT2D eigenvalue weighted by atomic mass is 35.5. The molecular weight excluding hydrogens is 278 g/mol. The molecule has 2 rings (SSSR count). The molecule has 98 valence electrons. The molecule has 0 amide bonds. The van der Waals surface area contributed by atoms with Gasteiger partial charge in [0.25, 0.3) is 5.95 Å². The van der Waals surface area contributed by atoms with E-state index in [1.165, 1.54) is 30.3 Å². The van der Waals surface area contributed by atoms with Crippen LogP contribution in [0.2, 0.25) is 5.02 Å². The van der Waals surface area contributed by atoms with Crippen LogP contribution in [0.25, 0.3) is 0 Å². The molecule has 2 aromatic rings. The number of aromatic carboxylic acids is 1. The minimum absolute atomic E-state index is 0.0162. The second-order valence-electron chi connectivity index (χ2n) is 3.37. The number of nitrogens with zero attached hydrogens (tertiary/aromatic N) is 1. The topological polar surface area (TPSA) is 103 Å². The summed E-state index contributed by atoms with van der Waals surface area (Å²) in [6.07, 6.45) is 0. The number of rotatable bonds is 4. The van der Waals surface area contributed by atoms with Crippen LogP contribution in [-0.4, -0.2) is 16.0 Å². The highest BCUT2D eigenvalue weighted by Gasteiger charge is 2.20. The SMILES string of the molecule is O=C(O)c1ccc(Oc2c(Cl)cccc2[N+](=O)[O-])o1. The summed E-state index contributed by atoms with van der Waals surface area (Å²) >= 11 is 5.81. The van der Waals surface area contributed by atoms with Crippen LogP contribution in [0.3, 0.4) is 0 Å². The average molecular weight is 284 g/mol. The molecule has 0 fully saturated rings. The normalized spacial score (nSPS) is 10.2. The van der Waals surface area contributed by atoms with Crippen molar-refractivity contribution >= 4 is 23.3 Å². The Balaban J connectivity index is 2.37. The molecule has 0 spiro atoms. The number of furan rings is 1. The first-order valence-electron chi connectivity index (χ1n) is 4.93. The van der Waals surface area contributed by atoms with E-state index in [1.54, 1.807) is 0 Å². The van der Waals surface area contributed by atoms with E-state index >= 15 is 0 Å². The number of halogens is 1. The molecule has 1 heterocycles. The fraction of sp³-hybridized carbons (Fsp3) is 0. The maximum Gasteiger partial charge on any atom is 0.371 e. The van der Waals surface area contributed by atoms with Crippen LogP contribution in [-0.2, 0) is 0 Å². The number of hydrogen-bond donors (Lipinski definition) is 1. The lowest BCUT2D eigenvalue weighted by Gasteiger charge is -2.04. The molecule has 0 atom stereocenters. The van der Waals surface area contributed by atoms with Crippen LogP contribution in [0.4, 0.5) is 5.69 Å². The Morgan fingerprint density at radius 2 is 2.11 bits per heavy atom. The second-order valence-corrected chi connectivity index (χ2v) is 3.78. The van der Waals surface area contributed by atoms with Gasteiger partial charge in [-0.3, -0.25) is 10.1 Å². The van der Waals surface area contributed by atoms with Crippen molar-refractivity contribution in [3.8, 4) is 11.7 Å². The third kappa shape index (κ3) is 2.66. The van der Waals surface area contributed by atoms with E-state index in [9.17, 15) is 14.9 Å². The zero-order valence-corrected chi connectivity index (χ0v) is 9.96. The Morgan fingerprint density at radius 1 is 1.37 bits per heavy atom. The molecule has 0 aliphatic heterocycles. The lowest BCUT2D eigenvalue weighted by Crippen LogP contribution is -1.94. The summed E-state index contributed by atoms with van der Waals surface area (Å²) in [7, 11) is 0. The molecule has 1 aromatic carbocycles. The second kappa shape index (κ2) is 4.99. The van der Waals surface area contributed by atoms with E-state index in [2.05, 4.69) is 0 Å². The Kier molecular flexibility index (Phi) is 3.39. The molecule has 0 aliphatic carbocycles. The summed E-state index contributed by atoms with van der Waals surface area (Å²) < 4.78 is 9.96. The average Bonchev–Trinajstić information content (AvgIpc) is 2.80. The third-order valence-electron chi connectivity index (χ3n) is 2.14. The Labute approximate surface area is 111 Å². The first-order valence-corrected chi connectivity index (χ1v) is 5.30. The van der Waals surface area contributed by atoms with Gasteiger partial charge < -0.3 is 14.3 Å². The van der Waals surface area contributed by atoms with Crippen LogP contribution in [0.15, 0.2) is 34.7 Å². The van der Waals surface area contributed by atoms with Gasteiger partial charge in [-0.25, -0.2) is 4.79 Å². The number of para-hydroxylation sites is 1. The van der Waals surface area contributed by atoms with Crippen molar-refractivity contribution in [2.45, 2.75) is 0 Å². The number of carboxylic acids is 1. The quantitative estimate of drug-likeness (QED) is 0.682. The molecule has 19 heavy (non-hydrogen) atoms. The maximum absolute atomic E-state index is 10.8. The van der Waals surface area contributed by atoms with Gasteiger partial charge in [-0.2, -0.15) is 0 Å². The summed E-state index contributed by atoms with van der Waals surface area (Å²) in [5.74, 6) is -2.03. The van der Waals surface area contributed by atoms with Crippen molar-refractivity contribution in [2.75, 3.05) is 0 Å². The number of nitro benzene ring substituents is 1. The maximum atomic E-state index is 10.8. The number of benzene rings is 1. The van der Waals surface area contributed by atoms with Crippen LogP contribution >= 0.6 is 11.6 Å². The molecule has 1 aromatic heterocycles. The first-order chi connectivity index (χ1) is 8.99. The molecule has 0 aliphatic rings. The van der Waals surface area contributed by atoms with Crippen molar-refractivity contribution in [3.05, 3.63) is 51.2 Å². The highest BCUT2D eigenvalue weighted by molar-refractivity contribution is 6.32.